The molecule has 0 spiro atoms. The molecule has 1 aromatic rings. The normalized spacial score (nSPS) is 21.9. The van der Waals surface area contributed by atoms with Crippen molar-refractivity contribution in [2.75, 3.05) is 14.2 Å². The van der Waals surface area contributed by atoms with Gasteiger partial charge in [0.15, 0.2) is 0 Å². The summed E-state index contributed by atoms with van der Waals surface area (Å²) in [6.45, 7) is 0. The summed E-state index contributed by atoms with van der Waals surface area (Å²) in [7, 11) is 3.11. The molecule has 0 aliphatic heterocycles. The lowest BCUT2D eigenvalue weighted by Crippen LogP contribution is -2.50. The molecule has 1 aliphatic carbocycles. The highest BCUT2D eigenvalue weighted by Gasteiger charge is 2.27. The Labute approximate surface area is 106 Å². The first-order chi connectivity index (χ1) is 8.62. The molecule has 2 rings (SSSR count). The van der Waals surface area contributed by atoms with Crippen LogP contribution in [0, 0.1) is 0 Å². The van der Waals surface area contributed by atoms with Gasteiger partial charge in [-0.2, -0.15) is 0 Å². The number of methoxy groups -OCH3 is 2. The Morgan fingerprint density at radius 3 is 2.22 bits per heavy atom. The summed E-state index contributed by atoms with van der Waals surface area (Å²) in [5.41, 5.74) is 6.22. The molecule has 1 fully saturated rings. The standard InChI is InChI=1S/C13H18N2O3/c1-17-11-3-8(4-12(7-11)18-2)13(16)15-10-5-9(14)6-10/h3-4,7,9-10H,5-6,14H2,1-2H3,(H,15,16). The highest BCUT2D eigenvalue weighted by atomic mass is 16.5. The second-order valence-electron chi connectivity index (χ2n) is 4.50. The second-order valence-corrected chi connectivity index (χ2v) is 4.50. The Bertz CT molecular complexity index is 420. The van der Waals surface area contributed by atoms with Crippen LogP contribution in [0.25, 0.3) is 0 Å². The smallest absolute Gasteiger partial charge is 0.251 e. The van der Waals surface area contributed by atoms with E-state index in [-0.39, 0.29) is 18.0 Å². The highest BCUT2D eigenvalue weighted by molar-refractivity contribution is 5.95. The van der Waals surface area contributed by atoms with Crippen molar-refractivity contribution in [3.05, 3.63) is 23.8 Å². The number of ether oxygens (including phenoxy) is 2. The van der Waals surface area contributed by atoms with Crippen molar-refractivity contribution in [3.63, 3.8) is 0 Å². The second kappa shape index (κ2) is 5.27. The van der Waals surface area contributed by atoms with Crippen molar-refractivity contribution in [2.45, 2.75) is 24.9 Å². The van der Waals surface area contributed by atoms with Gasteiger partial charge in [-0.25, -0.2) is 0 Å². The number of amides is 1. The van der Waals surface area contributed by atoms with Crippen molar-refractivity contribution >= 4 is 5.91 Å². The molecular formula is C13H18N2O3. The monoisotopic (exact) mass is 250 g/mol. The lowest BCUT2D eigenvalue weighted by Gasteiger charge is -2.33. The molecule has 0 aromatic heterocycles. The molecule has 0 radical (unpaired) electrons. The molecule has 18 heavy (non-hydrogen) atoms. The van der Waals surface area contributed by atoms with E-state index in [4.69, 9.17) is 15.2 Å². The van der Waals surface area contributed by atoms with E-state index >= 15 is 0 Å². The molecule has 3 N–H and O–H groups in total. The number of carbonyl (C=O) groups excluding carboxylic acids is 1. The predicted molar refractivity (Wildman–Crippen MR) is 68.0 cm³/mol. The molecule has 98 valence electrons. The SMILES string of the molecule is COc1cc(OC)cc(C(=O)NC2CC(N)C2)c1. The van der Waals surface area contributed by atoms with E-state index in [1.54, 1.807) is 32.4 Å². The van der Waals surface area contributed by atoms with Gasteiger partial charge in [-0.1, -0.05) is 0 Å². The first kappa shape index (κ1) is 12.7. The summed E-state index contributed by atoms with van der Waals surface area (Å²) in [6.07, 6.45) is 1.68. The molecule has 1 aliphatic rings. The lowest BCUT2D eigenvalue weighted by molar-refractivity contribution is 0.0909. The molecule has 1 amide bonds. The maximum Gasteiger partial charge on any atom is 0.251 e. The van der Waals surface area contributed by atoms with Crippen molar-refractivity contribution in [2.24, 2.45) is 5.73 Å². The number of benzene rings is 1. The fraction of sp³-hybridized carbons (Fsp3) is 0.462. The van der Waals surface area contributed by atoms with E-state index < -0.39 is 0 Å². The molecule has 0 bridgehead atoms. The Morgan fingerprint density at radius 2 is 1.78 bits per heavy atom. The van der Waals surface area contributed by atoms with Crippen molar-refractivity contribution in [3.8, 4) is 11.5 Å². The predicted octanol–water partition coefficient (Wildman–Crippen LogP) is 0.923. The van der Waals surface area contributed by atoms with Crippen molar-refractivity contribution in [1.29, 1.82) is 0 Å². The minimum Gasteiger partial charge on any atom is -0.497 e. The molecule has 0 unspecified atom stereocenters. The summed E-state index contributed by atoms with van der Waals surface area (Å²) in [6, 6.07) is 5.52. The number of hydrogen-bond donors (Lipinski definition) is 2. The molecular weight excluding hydrogens is 232 g/mol. The Kier molecular flexibility index (Phi) is 3.72. The van der Waals surface area contributed by atoms with Crippen LogP contribution in [0.2, 0.25) is 0 Å². The number of nitrogens with one attached hydrogen (secondary N) is 1. The van der Waals surface area contributed by atoms with E-state index in [0.29, 0.717) is 17.1 Å². The number of hydrogen-bond acceptors (Lipinski definition) is 4. The van der Waals surface area contributed by atoms with Gasteiger partial charge in [-0.15, -0.1) is 0 Å². The summed E-state index contributed by atoms with van der Waals surface area (Å²) in [5.74, 6) is 1.08. The first-order valence-electron chi connectivity index (χ1n) is 5.92. The Hall–Kier alpha value is -1.75. The molecule has 0 saturated heterocycles. The van der Waals surface area contributed by atoms with Crippen LogP contribution in [0.4, 0.5) is 0 Å². The molecule has 0 heterocycles. The first-order valence-corrected chi connectivity index (χ1v) is 5.92. The average Bonchev–Trinajstić information content (AvgIpc) is 2.36. The summed E-state index contributed by atoms with van der Waals surface area (Å²) >= 11 is 0. The maximum atomic E-state index is 12.0. The Balaban J connectivity index is 2.08. The molecule has 5 nitrogen and oxygen atoms in total. The topological polar surface area (TPSA) is 73.6 Å². The molecule has 0 atom stereocenters. The quantitative estimate of drug-likeness (QED) is 0.833. The molecule has 1 saturated carbocycles. The van der Waals surface area contributed by atoms with E-state index in [2.05, 4.69) is 5.32 Å². The van der Waals surface area contributed by atoms with Gasteiger partial charge in [0.05, 0.1) is 14.2 Å². The fourth-order valence-electron chi connectivity index (χ4n) is 1.99. The summed E-state index contributed by atoms with van der Waals surface area (Å²) < 4.78 is 10.3. The van der Waals surface area contributed by atoms with Gasteiger partial charge in [0.1, 0.15) is 11.5 Å². The van der Waals surface area contributed by atoms with Crippen LogP contribution < -0.4 is 20.5 Å². The van der Waals surface area contributed by atoms with E-state index in [0.717, 1.165) is 12.8 Å². The van der Waals surface area contributed by atoms with Crippen LogP contribution in [0.15, 0.2) is 18.2 Å². The van der Waals surface area contributed by atoms with E-state index in [1.807, 2.05) is 0 Å². The van der Waals surface area contributed by atoms with Crippen molar-refractivity contribution < 1.29 is 14.3 Å². The van der Waals surface area contributed by atoms with Gasteiger partial charge in [0.25, 0.3) is 5.91 Å². The van der Waals surface area contributed by atoms with Crippen LogP contribution in [0.1, 0.15) is 23.2 Å². The minimum absolute atomic E-state index is 0.121. The number of nitrogens with two attached hydrogens (primary N) is 1. The van der Waals surface area contributed by atoms with Crippen LogP contribution >= 0.6 is 0 Å². The zero-order valence-corrected chi connectivity index (χ0v) is 10.6. The zero-order valence-electron chi connectivity index (χ0n) is 10.6. The highest BCUT2D eigenvalue weighted by Crippen LogP contribution is 2.23. The van der Waals surface area contributed by atoms with Crippen LogP contribution in [0.5, 0.6) is 11.5 Å². The number of carbonyl (C=O) groups is 1. The van der Waals surface area contributed by atoms with Crippen molar-refractivity contribution in [1.82, 2.24) is 5.32 Å². The van der Waals surface area contributed by atoms with Gasteiger partial charge >= 0.3 is 0 Å². The zero-order chi connectivity index (χ0) is 13.1. The largest absolute Gasteiger partial charge is 0.497 e. The third-order valence-corrected chi connectivity index (χ3v) is 3.12. The summed E-state index contributed by atoms with van der Waals surface area (Å²) in [4.78, 5) is 12.0. The Morgan fingerprint density at radius 1 is 1.22 bits per heavy atom. The minimum atomic E-state index is -0.121. The lowest BCUT2D eigenvalue weighted by atomic mass is 9.87. The van der Waals surface area contributed by atoms with Gasteiger partial charge in [0, 0.05) is 23.7 Å². The van der Waals surface area contributed by atoms with Gasteiger partial charge in [-0.3, -0.25) is 4.79 Å². The van der Waals surface area contributed by atoms with Gasteiger partial charge < -0.3 is 20.5 Å². The third kappa shape index (κ3) is 2.73. The average molecular weight is 250 g/mol. The van der Waals surface area contributed by atoms with E-state index in [1.165, 1.54) is 0 Å². The van der Waals surface area contributed by atoms with E-state index in [9.17, 15) is 4.79 Å². The van der Waals surface area contributed by atoms with Crippen LogP contribution in [-0.4, -0.2) is 32.2 Å². The van der Waals surface area contributed by atoms with Crippen LogP contribution in [0.3, 0.4) is 0 Å². The fourth-order valence-corrected chi connectivity index (χ4v) is 1.99. The van der Waals surface area contributed by atoms with Gasteiger partial charge in [0.2, 0.25) is 0 Å². The van der Waals surface area contributed by atoms with Crippen LogP contribution in [-0.2, 0) is 0 Å². The maximum absolute atomic E-state index is 12.0. The third-order valence-electron chi connectivity index (χ3n) is 3.12. The molecule has 1 aromatic carbocycles. The van der Waals surface area contributed by atoms with Gasteiger partial charge in [-0.05, 0) is 25.0 Å². The molecule has 5 heteroatoms. The number of rotatable bonds is 4. The summed E-state index contributed by atoms with van der Waals surface area (Å²) in [5, 5.41) is 2.94.